The number of aryl methyl sites for hydroxylation is 2. The predicted molar refractivity (Wildman–Crippen MR) is 212 cm³/mol. The lowest BCUT2D eigenvalue weighted by molar-refractivity contribution is -0.143. The van der Waals surface area contributed by atoms with E-state index in [0.29, 0.717) is 68.5 Å². The number of hydrogen-bond donors (Lipinski definition) is 4. The Bertz CT molecular complexity index is 2860. The lowest BCUT2D eigenvalue weighted by atomic mass is 9.86. The Hall–Kier alpha value is -6.06. The molecule has 7 rings (SSSR count). The first kappa shape index (κ1) is 41.1. The molecular weight excluding hydrogens is 780 g/mol. The third-order valence-corrected chi connectivity index (χ3v) is 11.6. The van der Waals surface area contributed by atoms with Crippen LogP contribution in [0.25, 0.3) is 49.7 Å². The number of benzene rings is 1. The summed E-state index contributed by atoms with van der Waals surface area (Å²) in [5.41, 5.74) is 1.80. The highest BCUT2D eigenvalue weighted by atomic mass is 19.4. The van der Waals surface area contributed by atoms with Gasteiger partial charge in [0.05, 0.1) is 69.3 Å². The molecule has 0 aliphatic carbocycles. The Morgan fingerprint density at radius 3 is 2.15 bits per heavy atom. The van der Waals surface area contributed by atoms with Crippen molar-refractivity contribution in [2.45, 2.75) is 91.5 Å². The summed E-state index contributed by atoms with van der Waals surface area (Å²) in [4.78, 5) is 44.0. The Balaban J connectivity index is 1.67. The van der Waals surface area contributed by atoms with Gasteiger partial charge in [0.2, 0.25) is 5.88 Å². The second-order valence-electron chi connectivity index (χ2n) is 15.2. The summed E-state index contributed by atoms with van der Waals surface area (Å²) in [6.45, 7) is 9.94. The van der Waals surface area contributed by atoms with E-state index in [9.17, 15) is 46.1 Å². The number of nitrogens with zero attached hydrogens (tertiary/aromatic N) is 3. The number of alkyl halides is 6. The molecule has 0 saturated carbocycles. The predicted octanol–water partition coefficient (Wildman–Crippen LogP) is 9.62. The summed E-state index contributed by atoms with van der Waals surface area (Å²) in [6, 6.07) is 6.40. The van der Waals surface area contributed by atoms with Crippen LogP contribution in [0.3, 0.4) is 0 Å². The maximum atomic E-state index is 14.9. The number of esters is 1. The molecule has 1 aromatic carbocycles. The monoisotopic (exact) mass is 821 g/mol. The van der Waals surface area contributed by atoms with Gasteiger partial charge in [0.25, 0.3) is 5.56 Å². The second kappa shape index (κ2) is 14.6. The SMILES string of the molecule is CCC1=C(C)c2cc3[nH]c(cc4[nH]c(c5c(=O)n(Cc6cc(C(F)(F)F)cc(C(F)(F)F)c6)c(O)c6c(C)c(cc1n2)nc65)[C@@H](CCC(=O)OC)[C@@H]4C)c(C)c3=C(C)O. The van der Waals surface area contributed by atoms with E-state index in [1.165, 1.54) is 7.11 Å². The number of allylic oxidation sites excluding steroid dienone is 2. The summed E-state index contributed by atoms with van der Waals surface area (Å²) in [5, 5.41) is 23.3. The molecule has 4 N–H and O–H groups in total. The van der Waals surface area contributed by atoms with Crippen molar-refractivity contribution < 1.29 is 46.1 Å². The lowest BCUT2D eigenvalue weighted by Gasteiger charge is -2.18. The van der Waals surface area contributed by atoms with Gasteiger partial charge in [-0.3, -0.25) is 14.2 Å². The number of carbonyl (C=O) groups is 1. The fraction of sp³-hybridized carbons (Fsp3) is 0.349. The number of methoxy groups -OCH3 is 1. The Labute approximate surface area is 332 Å². The van der Waals surface area contributed by atoms with Crippen LogP contribution in [0.4, 0.5) is 26.3 Å². The average Bonchev–Trinajstić information content (AvgIpc) is 3.84. The molecule has 10 nitrogen and oxygen atoms in total. The third-order valence-electron chi connectivity index (χ3n) is 11.6. The molecule has 310 valence electrons. The quantitative estimate of drug-likeness (QED) is 0.0986. The van der Waals surface area contributed by atoms with Gasteiger partial charge >= 0.3 is 18.3 Å². The van der Waals surface area contributed by atoms with E-state index >= 15 is 0 Å². The fourth-order valence-corrected chi connectivity index (χ4v) is 8.44. The van der Waals surface area contributed by atoms with E-state index in [1.807, 2.05) is 39.8 Å². The van der Waals surface area contributed by atoms with Crippen molar-refractivity contribution in [1.82, 2.24) is 24.5 Å². The number of hydrogen-bond acceptors (Lipinski definition) is 7. The van der Waals surface area contributed by atoms with Crippen LogP contribution in [0, 0.1) is 13.8 Å². The third kappa shape index (κ3) is 7.11. The van der Waals surface area contributed by atoms with E-state index in [2.05, 4.69) is 9.97 Å². The zero-order valence-corrected chi connectivity index (χ0v) is 33.2. The average molecular weight is 822 g/mol. The highest BCUT2D eigenvalue weighted by molar-refractivity contribution is 6.05. The molecule has 0 unspecified atom stereocenters. The van der Waals surface area contributed by atoms with Gasteiger partial charge in [-0.15, -0.1) is 0 Å². The summed E-state index contributed by atoms with van der Waals surface area (Å²) in [6.07, 6.45) is -9.64. The van der Waals surface area contributed by atoms with Gasteiger partial charge in [0.1, 0.15) is 0 Å². The molecule has 6 heterocycles. The van der Waals surface area contributed by atoms with Crippen LogP contribution in [-0.4, -0.2) is 47.8 Å². The molecule has 2 aliphatic rings. The second-order valence-corrected chi connectivity index (χ2v) is 15.2. The number of nitrogens with one attached hydrogen (secondary N) is 2. The number of halogens is 6. The normalized spacial score (nSPS) is 16.6. The van der Waals surface area contributed by atoms with Gasteiger partial charge in [-0.2, -0.15) is 26.3 Å². The van der Waals surface area contributed by atoms with Crippen LogP contribution in [0.2, 0.25) is 0 Å². The number of aromatic hydroxyl groups is 1. The van der Waals surface area contributed by atoms with Crippen molar-refractivity contribution in [3.05, 3.63) is 103 Å². The van der Waals surface area contributed by atoms with Gasteiger partial charge < -0.3 is 24.9 Å². The maximum Gasteiger partial charge on any atom is 0.416 e. The fourth-order valence-electron chi connectivity index (χ4n) is 8.44. The number of fused-ring (bicyclic) bond motifs is 8. The Kier molecular flexibility index (Phi) is 10.2. The largest absolute Gasteiger partial charge is 0.512 e. The van der Waals surface area contributed by atoms with Crippen LogP contribution >= 0.6 is 0 Å². The molecule has 0 spiro atoms. The van der Waals surface area contributed by atoms with Gasteiger partial charge in [0, 0.05) is 40.4 Å². The van der Waals surface area contributed by atoms with E-state index in [0.717, 1.165) is 15.7 Å². The van der Waals surface area contributed by atoms with Gasteiger partial charge in [0.15, 0.2) is 0 Å². The molecular formula is C43H41F6N5O5. The van der Waals surface area contributed by atoms with Crippen LogP contribution in [0.15, 0.2) is 41.2 Å². The molecule has 4 aromatic heterocycles. The van der Waals surface area contributed by atoms with Crippen LogP contribution in [0.1, 0.15) is 109 Å². The van der Waals surface area contributed by atoms with Gasteiger partial charge in [-0.25, -0.2) is 9.97 Å². The van der Waals surface area contributed by atoms with E-state index in [4.69, 9.17) is 14.7 Å². The van der Waals surface area contributed by atoms with E-state index in [-0.39, 0.29) is 46.7 Å². The van der Waals surface area contributed by atoms with Crippen LogP contribution in [-0.2, 0) is 28.4 Å². The number of aromatic nitrogens is 5. The molecule has 5 aromatic rings. The zero-order chi connectivity index (χ0) is 43.0. The maximum absolute atomic E-state index is 14.9. The molecule has 0 fully saturated rings. The Morgan fingerprint density at radius 1 is 0.898 bits per heavy atom. The minimum atomic E-state index is -5.15. The molecule has 59 heavy (non-hydrogen) atoms. The number of pyridine rings is 1. The van der Waals surface area contributed by atoms with E-state index in [1.54, 1.807) is 19.9 Å². The van der Waals surface area contributed by atoms with Crippen molar-refractivity contribution in [1.29, 1.82) is 0 Å². The lowest BCUT2D eigenvalue weighted by Crippen LogP contribution is -2.23. The number of carbonyl (C=O) groups excluding carboxylic acids is 1. The summed E-state index contributed by atoms with van der Waals surface area (Å²) in [5.74, 6) is -2.17. The van der Waals surface area contributed by atoms with Crippen molar-refractivity contribution in [3.8, 4) is 5.88 Å². The molecule has 0 amide bonds. The van der Waals surface area contributed by atoms with Gasteiger partial charge in [-0.1, -0.05) is 13.8 Å². The highest BCUT2D eigenvalue weighted by Crippen LogP contribution is 2.44. The number of aliphatic hydroxyl groups is 1. The first-order chi connectivity index (χ1) is 27.6. The first-order valence-corrected chi connectivity index (χ1v) is 18.9. The first-order valence-electron chi connectivity index (χ1n) is 18.9. The number of H-pyrrole nitrogens is 2. The summed E-state index contributed by atoms with van der Waals surface area (Å²) < 4.78 is 89.4. The number of ether oxygens (including phenoxy) is 1. The number of aromatic amines is 2. The molecule has 2 aliphatic heterocycles. The minimum absolute atomic E-state index is 0.00454. The topological polar surface area (TPSA) is 146 Å². The summed E-state index contributed by atoms with van der Waals surface area (Å²) in [7, 11) is 1.24. The van der Waals surface area contributed by atoms with Gasteiger partial charge in [-0.05, 0) is 105 Å². The molecule has 16 heteroatoms. The molecule has 0 radical (unpaired) electrons. The molecule has 0 saturated heterocycles. The standard InChI is InChI=1S/C43H41F6N5O5/c1-8-26-18(2)28-16-33-35(22(6)55)20(4)30(51-33)14-29-19(3)27(9-10-34(56)59-7)38(52-29)37-39-36(21(5)31(53-39)15-32(26)50-28)40(57)54(41(37)58)17-23-11-24(42(44,45)46)13-25(12-23)43(47,48)49/h11-16,19,27,51-52,55,57H,8-10,17H2,1-7H3/t19-,27-/m0/s1. The van der Waals surface area contributed by atoms with Crippen molar-refractivity contribution in [3.63, 3.8) is 0 Å². The van der Waals surface area contributed by atoms with Crippen molar-refractivity contribution in [2.24, 2.45) is 0 Å². The molecule has 2 atom stereocenters. The van der Waals surface area contributed by atoms with Crippen LogP contribution < -0.4 is 10.8 Å². The Morgan fingerprint density at radius 2 is 1.56 bits per heavy atom. The van der Waals surface area contributed by atoms with E-state index < -0.39 is 64.8 Å². The van der Waals surface area contributed by atoms with Crippen LogP contribution in [0.5, 0.6) is 5.88 Å². The number of rotatable bonds is 6. The summed E-state index contributed by atoms with van der Waals surface area (Å²) >= 11 is 0. The highest BCUT2D eigenvalue weighted by Gasteiger charge is 2.38. The van der Waals surface area contributed by atoms with Crippen molar-refractivity contribution in [2.75, 3.05) is 7.11 Å². The number of aliphatic hydroxyl groups excluding tert-OH is 1. The minimum Gasteiger partial charge on any atom is -0.512 e. The molecule has 8 bridgehead atoms. The smallest absolute Gasteiger partial charge is 0.416 e. The van der Waals surface area contributed by atoms with Crippen molar-refractivity contribution >= 4 is 55.7 Å². The zero-order valence-electron chi connectivity index (χ0n) is 33.2.